The molecule has 78 valence electrons. The lowest BCUT2D eigenvalue weighted by Gasteiger charge is -2.20. The van der Waals surface area contributed by atoms with Crippen molar-refractivity contribution in [1.82, 2.24) is 4.90 Å². The van der Waals surface area contributed by atoms with Gasteiger partial charge in [0.2, 0.25) is 0 Å². The summed E-state index contributed by atoms with van der Waals surface area (Å²) in [7, 11) is 1.79. The molecule has 0 N–H and O–H groups in total. The van der Waals surface area contributed by atoms with Gasteiger partial charge in [0, 0.05) is 20.2 Å². The second-order valence-electron chi connectivity index (χ2n) is 5.03. The average Bonchev–Trinajstić information content (AvgIpc) is 2.41. The van der Waals surface area contributed by atoms with Gasteiger partial charge in [-0.3, -0.25) is 0 Å². The van der Waals surface area contributed by atoms with Crippen LogP contribution in [0.1, 0.15) is 33.6 Å². The Kier molecular flexibility index (Phi) is 3.74. The Morgan fingerprint density at radius 1 is 1.46 bits per heavy atom. The summed E-state index contributed by atoms with van der Waals surface area (Å²) >= 11 is 0. The smallest absolute Gasteiger partial charge is 0.0555 e. The van der Waals surface area contributed by atoms with Crippen molar-refractivity contribution in [3.63, 3.8) is 0 Å². The molecule has 0 radical (unpaired) electrons. The Morgan fingerprint density at radius 2 is 2.15 bits per heavy atom. The largest absolute Gasteiger partial charge is 0.382 e. The monoisotopic (exact) mass is 185 g/mol. The molecule has 0 aromatic rings. The topological polar surface area (TPSA) is 12.5 Å². The first-order valence-corrected chi connectivity index (χ1v) is 5.29. The fraction of sp³-hybridized carbons (Fsp3) is 1.00. The molecule has 0 aromatic heterocycles. The van der Waals surface area contributed by atoms with Gasteiger partial charge in [-0.25, -0.2) is 0 Å². The van der Waals surface area contributed by atoms with Crippen LogP contribution in [-0.2, 0) is 4.74 Å². The van der Waals surface area contributed by atoms with E-state index in [-0.39, 0.29) is 0 Å². The maximum Gasteiger partial charge on any atom is 0.0555 e. The zero-order valence-electron chi connectivity index (χ0n) is 9.47. The lowest BCUT2D eigenvalue weighted by Crippen LogP contribution is -2.26. The molecule has 0 aliphatic carbocycles. The fourth-order valence-electron chi connectivity index (χ4n) is 1.90. The SMILES string of the molecule is COC(C)CCN1CCC(C)(C)C1. The normalized spacial score (nSPS) is 24.9. The molecule has 2 heteroatoms. The molecule has 1 aliphatic rings. The van der Waals surface area contributed by atoms with Crippen LogP contribution in [0.4, 0.5) is 0 Å². The number of nitrogens with zero attached hydrogens (tertiary/aromatic N) is 1. The van der Waals surface area contributed by atoms with E-state index in [0.717, 1.165) is 6.42 Å². The lowest BCUT2D eigenvalue weighted by atomic mass is 9.93. The third-order valence-corrected chi connectivity index (χ3v) is 3.01. The van der Waals surface area contributed by atoms with E-state index in [1.54, 1.807) is 7.11 Å². The summed E-state index contributed by atoms with van der Waals surface area (Å²) in [5.74, 6) is 0. The Labute approximate surface area is 82.3 Å². The molecule has 1 unspecified atom stereocenters. The van der Waals surface area contributed by atoms with E-state index in [2.05, 4.69) is 25.7 Å². The van der Waals surface area contributed by atoms with Crippen LogP contribution in [0, 0.1) is 5.41 Å². The Hall–Kier alpha value is -0.0800. The maximum atomic E-state index is 5.24. The Morgan fingerprint density at radius 3 is 2.62 bits per heavy atom. The number of hydrogen-bond donors (Lipinski definition) is 0. The highest BCUT2D eigenvalue weighted by atomic mass is 16.5. The van der Waals surface area contributed by atoms with E-state index in [0.29, 0.717) is 11.5 Å². The van der Waals surface area contributed by atoms with E-state index < -0.39 is 0 Å². The number of likely N-dealkylation sites (tertiary alicyclic amines) is 1. The minimum Gasteiger partial charge on any atom is -0.382 e. The molecule has 0 spiro atoms. The third kappa shape index (κ3) is 3.65. The molecule has 1 saturated heterocycles. The molecule has 1 atom stereocenters. The summed E-state index contributed by atoms with van der Waals surface area (Å²) in [4.78, 5) is 2.55. The van der Waals surface area contributed by atoms with Gasteiger partial charge in [-0.1, -0.05) is 13.8 Å². The fourth-order valence-corrected chi connectivity index (χ4v) is 1.90. The van der Waals surface area contributed by atoms with Crippen LogP contribution in [-0.4, -0.2) is 37.7 Å². The highest BCUT2D eigenvalue weighted by Crippen LogP contribution is 2.28. The van der Waals surface area contributed by atoms with Gasteiger partial charge in [-0.15, -0.1) is 0 Å². The van der Waals surface area contributed by atoms with Crippen molar-refractivity contribution in [1.29, 1.82) is 0 Å². The molecule has 1 aliphatic heterocycles. The van der Waals surface area contributed by atoms with Gasteiger partial charge in [-0.2, -0.15) is 0 Å². The first-order chi connectivity index (χ1) is 6.03. The molecule has 0 saturated carbocycles. The Bertz CT molecular complexity index is 156. The van der Waals surface area contributed by atoms with Crippen LogP contribution in [0.25, 0.3) is 0 Å². The van der Waals surface area contributed by atoms with Crippen LogP contribution in [0.5, 0.6) is 0 Å². The molecule has 0 amide bonds. The van der Waals surface area contributed by atoms with E-state index in [1.807, 2.05) is 0 Å². The standard InChI is InChI=1S/C11H23NO/c1-10(13-4)5-7-12-8-6-11(2,3)9-12/h10H,5-9H2,1-4H3. The minimum atomic E-state index is 0.406. The zero-order valence-corrected chi connectivity index (χ0v) is 9.47. The summed E-state index contributed by atoms with van der Waals surface area (Å²) < 4.78 is 5.24. The molecular formula is C11H23NO. The van der Waals surface area contributed by atoms with Crippen molar-refractivity contribution < 1.29 is 4.74 Å². The zero-order chi connectivity index (χ0) is 9.90. The third-order valence-electron chi connectivity index (χ3n) is 3.01. The number of ether oxygens (including phenoxy) is 1. The minimum absolute atomic E-state index is 0.406. The summed E-state index contributed by atoms with van der Waals surface area (Å²) in [6.45, 7) is 10.6. The highest BCUT2D eigenvalue weighted by molar-refractivity contribution is 4.82. The van der Waals surface area contributed by atoms with Gasteiger partial charge >= 0.3 is 0 Å². The van der Waals surface area contributed by atoms with Crippen LogP contribution in [0.3, 0.4) is 0 Å². The molecule has 0 aromatic carbocycles. The van der Waals surface area contributed by atoms with Gasteiger partial charge in [0.1, 0.15) is 0 Å². The lowest BCUT2D eigenvalue weighted by molar-refractivity contribution is 0.0993. The van der Waals surface area contributed by atoms with E-state index in [4.69, 9.17) is 4.74 Å². The number of methoxy groups -OCH3 is 1. The van der Waals surface area contributed by atoms with Gasteiger partial charge in [0.05, 0.1) is 6.10 Å². The van der Waals surface area contributed by atoms with Crippen LogP contribution >= 0.6 is 0 Å². The van der Waals surface area contributed by atoms with Crippen molar-refractivity contribution in [2.24, 2.45) is 5.41 Å². The molecule has 1 heterocycles. The second-order valence-corrected chi connectivity index (χ2v) is 5.03. The highest BCUT2D eigenvalue weighted by Gasteiger charge is 2.28. The number of hydrogen-bond acceptors (Lipinski definition) is 2. The molecule has 1 fully saturated rings. The predicted molar refractivity (Wildman–Crippen MR) is 55.9 cm³/mol. The molecular weight excluding hydrogens is 162 g/mol. The van der Waals surface area contributed by atoms with Gasteiger partial charge in [0.25, 0.3) is 0 Å². The first-order valence-electron chi connectivity index (χ1n) is 5.29. The Balaban J connectivity index is 2.17. The second kappa shape index (κ2) is 4.43. The number of rotatable bonds is 4. The van der Waals surface area contributed by atoms with Crippen LogP contribution in [0.15, 0.2) is 0 Å². The van der Waals surface area contributed by atoms with Crippen molar-refractivity contribution in [2.45, 2.75) is 39.7 Å². The first kappa shape index (κ1) is 11.0. The van der Waals surface area contributed by atoms with Crippen molar-refractivity contribution in [3.05, 3.63) is 0 Å². The molecule has 1 rings (SSSR count). The van der Waals surface area contributed by atoms with E-state index >= 15 is 0 Å². The van der Waals surface area contributed by atoms with Crippen molar-refractivity contribution in [2.75, 3.05) is 26.7 Å². The van der Waals surface area contributed by atoms with Gasteiger partial charge in [-0.05, 0) is 31.7 Å². The summed E-state index contributed by atoms with van der Waals surface area (Å²) in [6.07, 6.45) is 2.91. The molecule has 13 heavy (non-hydrogen) atoms. The van der Waals surface area contributed by atoms with Gasteiger partial charge in [0.15, 0.2) is 0 Å². The van der Waals surface area contributed by atoms with E-state index in [9.17, 15) is 0 Å². The van der Waals surface area contributed by atoms with Crippen LogP contribution in [0.2, 0.25) is 0 Å². The van der Waals surface area contributed by atoms with Crippen LogP contribution < -0.4 is 0 Å². The van der Waals surface area contributed by atoms with E-state index in [1.165, 1.54) is 26.1 Å². The maximum absolute atomic E-state index is 5.24. The predicted octanol–water partition coefficient (Wildman–Crippen LogP) is 2.14. The summed E-state index contributed by atoms with van der Waals surface area (Å²) in [5, 5.41) is 0. The summed E-state index contributed by atoms with van der Waals surface area (Å²) in [6, 6.07) is 0. The molecule has 0 bridgehead atoms. The summed E-state index contributed by atoms with van der Waals surface area (Å²) in [5.41, 5.74) is 0.538. The van der Waals surface area contributed by atoms with Crippen molar-refractivity contribution in [3.8, 4) is 0 Å². The van der Waals surface area contributed by atoms with Gasteiger partial charge < -0.3 is 9.64 Å². The van der Waals surface area contributed by atoms with Crippen molar-refractivity contribution >= 4 is 0 Å². The molecule has 2 nitrogen and oxygen atoms in total. The quantitative estimate of drug-likeness (QED) is 0.665. The average molecular weight is 185 g/mol.